The highest BCUT2D eigenvalue weighted by Crippen LogP contribution is 2.17. The molecule has 0 heterocycles. The summed E-state index contributed by atoms with van der Waals surface area (Å²) in [6.07, 6.45) is 9.57. The Balaban J connectivity index is 2.71. The second-order valence-electron chi connectivity index (χ2n) is 4.58. The molecular weight excluding hydrogens is 216 g/mol. The molecule has 0 radical (unpaired) electrons. The lowest BCUT2D eigenvalue weighted by molar-refractivity contribution is -0.115. The van der Waals surface area contributed by atoms with Crippen molar-refractivity contribution in [1.82, 2.24) is 0 Å². The molecule has 3 atom stereocenters. The summed E-state index contributed by atoms with van der Waals surface area (Å²) in [5.74, 6) is 0.198. The SMILES string of the molecule is CO[C@H]1/C=C/CC/C=C/C(=O)CC[C@@H](C)[C@@H]1O. The van der Waals surface area contributed by atoms with Crippen LogP contribution in [0.15, 0.2) is 24.3 Å². The topological polar surface area (TPSA) is 46.5 Å². The summed E-state index contributed by atoms with van der Waals surface area (Å²) in [6, 6.07) is 0. The number of carbonyl (C=O) groups excluding carboxylic acids is 1. The van der Waals surface area contributed by atoms with Crippen LogP contribution < -0.4 is 0 Å². The average Bonchev–Trinajstić information content (AvgIpc) is 2.33. The summed E-state index contributed by atoms with van der Waals surface area (Å²) in [6.45, 7) is 1.95. The molecular formula is C14H22O3. The lowest BCUT2D eigenvalue weighted by Crippen LogP contribution is -2.32. The Labute approximate surface area is 103 Å². The molecule has 0 amide bonds. The number of hydrogen-bond donors (Lipinski definition) is 1. The minimum atomic E-state index is -0.549. The van der Waals surface area contributed by atoms with Gasteiger partial charge in [-0.25, -0.2) is 0 Å². The maximum atomic E-state index is 11.5. The van der Waals surface area contributed by atoms with Crippen LogP contribution in [0.5, 0.6) is 0 Å². The highest BCUT2D eigenvalue weighted by atomic mass is 16.5. The van der Waals surface area contributed by atoms with Gasteiger partial charge in [-0.2, -0.15) is 0 Å². The first kappa shape index (κ1) is 14.1. The maximum absolute atomic E-state index is 11.5. The monoisotopic (exact) mass is 238 g/mol. The maximum Gasteiger partial charge on any atom is 0.155 e. The van der Waals surface area contributed by atoms with Crippen LogP contribution in [-0.4, -0.2) is 30.2 Å². The van der Waals surface area contributed by atoms with Crippen molar-refractivity contribution in [2.45, 2.75) is 44.8 Å². The Bertz CT molecular complexity index is 294. The van der Waals surface area contributed by atoms with E-state index in [1.165, 1.54) is 0 Å². The van der Waals surface area contributed by atoms with Crippen LogP contribution in [0, 0.1) is 5.92 Å². The summed E-state index contributed by atoms with van der Waals surface area (Å²) >= 11 is 0. The number of ether oxygens (including phenoxy) is 1. The molecule has 0 fully saturated rings. The molecule has 0 saturated heterocycles. The largest absolute Gasteiger partial charge is 0.390 e. The van der Waals surface area contributed by atoms with Gasteiger partial charge in [0.05, 0.1) is 6.10 Å². The first-order valence-corrected chi connectivity index (χ1v) is 6.22. The Morgan fingerprint density at radius 3 is 2.76 bits per heavy atom. The molecule has 3 nitrogen and oxygen atoms in total. The van der Waals surface area contributed by atoms with Gasteiger partial charge >= 0.3 is 0 Å². The molecule has 0 aromatic rings. The van der Waals surface area contributed by atoms with E-state index in [1.54, 1.807) is 13.2 Å². The number of carbonyl (C=O) groups is 1. The number of methoxy groups -OCH3 is 1. The van der Waals surface area contributed by atoms with Crippen molar-refractivity contribution in [3.8, 4) is 0 Å². The number of hydrogen-bond acceptors (Lipinski definition) is 3. The molecule has 0 saturated carbocycles. The fourth-order valence-corrected chi connectivity index (χ4v) is 1.92. The van der Waals surface area contributed by atoms with Gasteiger partial charge in [-0.15, -0.1) is 0 Å². The summed E-state index contributed by atoms with van der Waals surface area (Å²) in [5, 5.41) is 10.1. The van der Waals surface area contributed by atoms with Gasteiger partial charge in [0, 0.05) is 13.5 Å². The zero-order chi connectivity index (χ0) is 12.7. The summed E-state index contributed by atoms with van der Waals surface area (Å²) in [5.41, 5.74) is 0. The number of aliphatic hydroxyl groups excluding tert-OH is 1. The van der Waals surface area contributed by atoms with Crippen LogP contribution in [0.25, 0.3) is 0 Å². The summed E-state index contributed by atoms with van der Waals surface area (Å²) < 4.78 is 5.26. The van der Waals surface area contributed by atoms with Gasteiger partial charge in [-0.1, -0.05) is 25.2 Å². The van der Waals surface area contributed by atoms with Gasteiger partial charge in [0.15, 0.2) is 5.78 Å². The van der Waals surface area contributed by atoms with Gasteiger partial charge in [0.1, 0.15) is 6.10 Å². The van der Waals surface area contributed by atoms with Gasteiger partial charge in [-0.05, 0) is 31.3 Å². The first-order chi connectivity index (χ1) is 8.15. The van der Waals surface area contributed by atoms with E-state index in [1.807, 2.05) is 25.2 Å². The molecule has 0 aromatic heterocycles. The van der Waals surface area contributed by atoms with E-state index in [2.05, 4.69) is 0 Å². The molecule has 3 heteroatoms. The van der Waals surface area contributed by atoms with Crippen molar-refractivity contribution >= 4 is 5.78 Å². The molecule has 0 bridgehead atoms. The third kappa shape index (κ3) is 4.84. The molecule has 1 aliphatic rings. The Kier molecular flexibility index (Phi) is 6.16. The van der Waals surface area contributed by atoms with E-state index in [0.717, 1.165) is 12.8 Å². The van der Waals surface area contributed by atoms with Gasteiger partial charge < -0.3 is 9.84 Å². The highest BCUT2D eigenvalue weighted by Gasteiger charge is 2.22. The van der Waals surface area contributed by atoms with Crippen LogP contribution in [0.2, 0.25) is 0 Å². The molecule has 0 aliphatic heterocycles. The van der Waals surface area contributed by atoms with E-state index in [9.17, 15) is 9.90 Å². The average molecular weight is 238 g/mol. The quantitative estimate of drug-likeness (QED) is 0.713. The number of aliphatic hydroxyl groups is 1. The number of ketones is 1. The van der Waals surface area contributed by atoms with Crippen LogP contribution >= 0.6 is 0 Å². The lowest BCUT2D eigenvalue weighted by atomic mass is 9.93. The van der Waals surface area contributed by atoms with Crippen molar-refractivity contribution in [2.75, 3.05) is 7.11 Å². The first-order valence-electron chi connectivity index (χ1n) is 6.22. The van der Waals surface area contributed by atoms with E-state index in [4.69, 9.17) is 4.74 Å². The van der Waals surface area contributed by atoms with Crippen LogP contribution in [0.3, 0.4) is 0 Å². The highest BCUT2D eigenvalue weighted by molar-refractivity contribution is 5.89. The standard InChI is InChI=1S/C14H22O3/c1-11-9-10-12(15)7-5-3-4-6-8-13(17-2)14(11)16/h5-8,11,13-14,16H,3-4,9-10H2,1-2H3/b7-5+,8-6+/t11-,13+,14+/m1/s1. The molecule has 0 spiro atoms. The van der Waals surface area contributed by atoms with E-state index in [-0.39, 0.29) is 17.8 Å². The van der Waals surface area contributed by atoms with Crippen molar-refractivity contribution in [3.05, 3.63) is 24.3 Å². The summed E-state index contributed by atoms with van der Waals surface area (Å²) in [4.78, 5) is 11.5. The van der Waals surface area contributed by atoms with Gasteiger partial charge in [0.2, 0.25) is 0 Å². The van der Waals surface area contributed by atoms with E-state index < -0.39 is 6.10 Å². The molecule has 1 rings (SSSR count). The van der Waals surface area contributed by atoms with Crippen molar-refractivity contribution in [3.63, 3.8) is 0 Å². The molecule has 17 heavy (non-hydrogen) atoms. The van der Waals surface area contributed by atoms with Crippen molar-refractivity contribution in [2.24, 2.45) is 5.92 Å². The third-order valence-corrected chi connectivity index (χ3v) is 3.17. The summed E-state index contributed by atoms with van der Waals surface area (Å²) in [7, 11) is 1.60. The second-order valence-corrected chi connectivity index (χ2v) is 4.58. The Morgan fingerprint density at radius 1 is 1.35 bits per heavy atom. The Hall–Kier alpha value is -0.930. The smallest absolute Gasteiger partial charge is 0.155 e. The van der Waals surface area contributed by atoms with Crippen LogP contribution in [-0.2, 0) is 9.53 Å². The minimum absolute atomic E-state index is 0.0568. The predicted molar refractivity (Wildman–Crippen MR) is 67.7 cm³/mol. The third-order valence-electron chi connectivity index (χ3n) is 3.17. The van der Waals surface area contributed by atoms with E-state index >= 15 is 0 Å². The van der Waals surface area contributed by atoms with Crippen molar-refractivity contribution < 1.29 is 14.6 Å². The predicted octanol–water partition coefficient (Wildman–Crippen LogP) is 2.25. The fourth-order valence-electron chi connectivity index (χ4n) is 1.92. The zero-order valence-corrected chi connectivity index (χ0v) is 10.6. The Morgan fingerprint density at radius 2 is 2.06 bits per heavy atom. The van der Waals surface area contributed by atoms with Crippen LogP contribution in [0.4, 0.5) is 0 Å². The fraction of sp³-hybridized carbons (Fsp3) is 0.643. The van der Waals surface area contributed by atoms with Gasteiger partial charge in [-0.3, -0.25) is 4.79 Å². The van der Waals surface area contributed by atoms with E-state index in [0.29, 0.717) is 12.8 Å². The molecule has 1 aliphatic carbocycles. The van der Waals surface area contributed by atoms with Crippen LogP contribution in [0.1, 0.15) is 32.6 Å². The molecule has 96 valence electrons. The molecule has 0 aromatic carbocycles. The number of rotatable bonds is 1. The zero-order valence-electron chi connectivity index (χ0n) is 10.6. The number of allylic oxidation sites excluding steroid dienone is 3. The van der Waals surface area contributed by atoms with Gasteiger partial charge in [0.25, 0.3) is 0 Å². The normalized spacial score (nSPS) is 35.7. The minimum Gasteiger partial charge on any atom is -0.390 e. The molecule has 0 unspecified atom stereocenters. The van der Waals surface area contributed by atoms with Crippen molar-refractivity contribution in [1.29, 1.82) is 0 Å². The molecule has 1 N–H and O–H groups in total. The second kappa shape index (κ2) is 7.41. The lowest BCUT2D eigenvalue weighted by Gasteiger charge is -2.24.